The number of nitrogens with one attached hydrogen (secondary N) is 1. The molecule has 2 unspecified atom stereocenters. The van der Waals surface area contributed by atoms with E-state index in [1.807, 2.05) is 41.3 Å². The van der Waals surface area contributed by atoms with Crippen LogP contribution in [0, 0.1) is 0 Å². The molecule has 0 aromatic heterocycles. The zero-order valence-electron chi connectivity index (χ0n) is 18.0. The molecule has 1 saturated heterocycles. The van der Waals surface area contributed by atoms with Gasteiger partial charge in [0.25, 0.3) is 5.91 Å². The first-order chi connectivity index (χ1) is 14.6. The average molecular weight is 409 g/mol. The molecule has 0 saturated carbocycles. The predicted octanol–water partition coefficient (Wildman–Crippen LogP) is 5.18. The number of nitrogens with zero attached hydrogens (tertiary/aromatic N) is 1. The number of unbranched alkanes of at least 4 members (excludes halogenated alkanes) is 2. The van der Waals surface area contributed by atoms with Crippen molar-refractivity contribution in [3.8, 4) is 5.75 Å². The van der Waals surface area contributed by atoms with Crippen molar-refractivity contribution in [1.82, 2.24) is 4.90 Å². The number of hydrogen-bond acceptors (Lipinski definition) is 4. The third kappa shape index (κ3) is 4.17. The van der Waals surface area contributed by atoms with Gasteiger partial charge in [0, 0.05) is 24.4 Å². The fourth-order valence-electron chi connectivity index (χ4n) is 4.37. The van der Waals surface area contributed by atoms with Crippen LogP contribution in [0.1, 0.15) is 61.9 Å². The summed E-state index contributed by atoms with van der Waals surface area (Å²) in [6.45, 7) is 6.31. The Morgan fingerprint density at radius 1 is 1.20 bits per heavy atom. The molecule has 2 aliphatic heterocycles. The Morgan fingerprint density at radius 3 is 2.87 bits per heavy atom. The normalized spacial score (nSPS) is 23.2. The molecule has 1 amide bonds. The van der Waals surface area contributed by atoms with Gasteiger partial charge in [-0.3, -0.25) is 4.79 Å². The zero-order chi connectivity index (χ0) is 21.0. The average Bonchev–Trinajstić information content (AvgIpc) is 3.28. The lowest BCUT2D eigenvalue weighted by atomic mass is 9.92. The van der Waals surface area contributed by atoms with Crippen LogP contribution in [-0.2, 0) is 10.4 Å². The number of carbonyl (C=O) groups is 1. The maximum absolute atomic E-state index is 13.5. The van der Waals surface area contributed by atoms with Crippen molar-refractivity contribution in [3.05, 3.63) is 59.7 Å². The third-order valence-corrected chi connectivity index (χ3v) is 6.14. The fourth-order valence-corrected chi connectivity index (χ4v) is 4.37. The number of amides is 1. The van der Waals surface area contributed by atoms with Gasteiger partial charge in [-0.1, -0.05) is 44.0 Å². The van der Waals surface area contributed by atoms with Gasteiger partial charge < -0.3 is 19.7 Å². The van der Waals surface area contributed by atoms with Crippen LogP contribution in [0.4, 0.5) is 5.69 Å². The van der Waals surface area contributed by atoms with Crippen molar-refractivity contribution in [2.75, 3.05) is 25.1 Å². The maximum Gasteiger partial charge on any atom is 0.258 e. The van der Waals surface area contributed by atoms with Crippen molar-refractivity contribution < 1.29 is 14.3 Å². The summed E-state index contributed by atoms with van der Waals surface area (Å²) in [5.74, 6) is 0.881. The van der Waals surface area contributed by atoms with Crippen molar-refractivity contribution in [2.45, 2.75) is 57.7 Å². The lowest BCUT2D eigenvalue weighted by molar-refractivity contribution is 0.0242. The van der Waals surface area contributed by atoms with E-state index in [2.05, 4.69) is 31.3 Å². The Kier molecular flexibility index (Phi) is 6.28. The molecule has 2 heterocycles. The molecule has 160 valence electrons. The van der Waals surface area contributed by atoms with Gasteiger partial charge in [0.05, 0.1) is 18.3 Å². The van der Waals surface area contributed by atoms with Crippen molar-refractivity contribution in [1.29, 1.82) is 0 Å². The van der Waals surface area contributed by atoms with E-state index >= 15 is 0 Å². The number of anilines is 1. The van der Waals surface area contributed by atoms with E-state index in [0.29, 0.717) is 18.7 Å². The highest BCUT2D eigenvalue weighted by Gasteiger charge is 2.43. The molecule has 0 aliphatic carbocycles. The summed E-state index contributed by atoms with van der Waals surface area (Å²) in [6, 6.07) is 15.9. The number of benzene rings is 2. The molecule has 1 N–H and O–H groups in total. The van der Waals surface area contributed by atoms with E-state index < -0.39 is 5.66 Å². The van der Waals surface area contributed by atoms with E-state index in [1.54, 1.807) is 0 Å². The molecular formula is C25H32N2O3. The van der Waals surface area contributed by atoms with Crippen LogP contribution in [-0.4, -0.2) is 36.7 Å². The second-order valence-corrected chi connectivity index (χ2v) is 8.38. The Balaban J connectivity index is 1.65. The molecule has 4 rings (SSSR count). The van der Waals surface area contributed by atoms with E-state index in [0.717, 1.165) is 42.9 Å². The first-order valence-electron chi connectivity index (χ1n) is 11.2. The summed E-state index contributed by atoms with van der Waals surface area (Å²) >= 11 is 0. The number of fused-ring (bicyclic) bond motifs is 1. The molecule has 1 fully saturated rings. The summed E-state index contributed by atoms with van der Waals surface area (Å²) < 4.78 is 11.9. The minimum absolute atomic E-state index is 0.0385. The largest absolute Gasteiger partial charge is 0.494 e. The molecule has 30 heavy (non-hydrogen) atoms. The second-order valence-electron chi connectivity index (χ2n) is 8.38. The predicted molar refractivity (Wildman–Crippen MR) is 119 cm³/mol. The Bertz CT molecular complexity index is 878. The lowest BCUT2D eigenvalue weighted by Gasteiger charge is -2.47. The number of ether oxygens (including phenoxy) is 2. The Hall–Kier alpha value is -2.53. The number of para-hydroxylation sites is 1. The summed E-state index contributed by atoms with van der Waals surface area (Å²) in [7, 11) is 0. The van der Waals surface area contributed by atoms with E-state index in [-0.39, 0.29) is 12.0 Å². The number of carbonyl (C=O) groups excluding carboxylic acids is 1. The summed E-state index contributed by atoms with van der Waals surface area (Å²) in [6.07, 6.45) is 5.50. The van der Waals surface area contributed by atoms with Crippen LogP contribution in [0.15, 0.2) is 48.5 Å². The van der Waals surface area contributed by atoms with Crippen LogP contribution >= 0.6 is 0 Å². The van der Waals surface area contributed by atoms with Gasteiger partial charge in [-0.2, -0.15) is 0 Å². The summed E-state index contributed by atoms with van der Waals surface area (Å²) in [4.78, 5) is 15.5. The van der Waals surface area contributed by atoms with Crippen molar-refractivity contribution >= 4 is 11.6 Å². The molecule has 2 atom stereocenters. The quantitative estimate of drug-likeness (QED) is 0.612. The van der Waals surface area contributed by atoms with Crippen molar-refractivity contribution in [3.63, 3.8) is 0 Å². The van der Waals surface area contributed by atoms with E-state index in [9.17, 15) is 4.79 Å². The molecular weight excluding hydrogens is 376 g/mol. The lowest BCUT2D eigenvalue weighted by Crippen LogP contribution is -2.57. The SMILES string of the molecule is CCCCCOc1cccc(C2(C)Nc3ccccc3C(=O)N2CC2CCCO2)c1. The monoisotopic (exact) mass is 408 g/mol. The highest BCUT2D eigenvalue weighted by atomic mass is 16.5. The molecule has 0 radical (unpaired) electrons. The minimum Gasteiger partial charge on any atom is -0.494 e. The Morgan fingerprint density at radius 2 is 2.07 bits per heavy atom. The van der Waals surface area contributed by atoms with Crippen LogP contribution in [0.2, 0.25) is 0 Å². The van der Waals surface area contributed by atoms with Crippen LogP contribution in [0.5, 0.6) is 5.75 Å². The third-order valence-electron chi connectivity index (χ3n) is 6.14. The van der Waals surface area contributed by atoms with E-state index in [1.165, 1.54) is 12.8 Å². The van der Waals surface area contributed by atoms with Crippen molar-refractivity contribution in [2.24, 2.45) is 0 Å². The topological polar surface area (TPSA) is 50.8 Å². The minimum atomic E-state index is -0.680. The van der Waals surface area contributed by atoms with E-state index in [4.69, 9.17) is 9.47 Å². The second kappa shape index (κ2) is 9.09. The smallest absolute Gasteiger partial charge is 0.258 e. The molecule has 5 nitrogen and oxygen atoms in total. The first kappa shape index (κ1) is 20.7. The summed E-state index contributed by atoms with van der Waals surface area (Å²) in [5.41, 5.74) is 1.90. The molecule has 0 spiro atoms. The van der Waals surface area contributed by atoms with Crippen LogP contribution < -0.4 is 10.1 Å². The fraction of sp³-hybridized carbons (Fsp3) is 0.480. The van der Waals surface area contributed by atoms with Gasteiger partial charge in [0.1, 0.15) is 11.4 Å². The molecule has 2 aromatic rings. The van der Waals surface area contributed by atoms with Crippen LogP contribution in [0.3, 0.4) is 0 Å². The molecule has 0 bridgehead atoms. The van der Waals surface area contributed by atoms with Gasteiger partial charge >= 0.3 is 0 Å². The molecule has 2 aliphatic rings. The first-order valence-corrected chi connectivity index (χ1v) is 11.2. The summed E-state index contributed by atoms with van der Waals surface area (Å²) in [5, 5.41) is 3.64. The highest BCUT2D eigenvalue weighted by molar-refractivity contribution is 6.02. The maximum atomic E-state index is 13.5. The standard InChI is InChI=1S/C25H32N2O3/c1-3-4-7-15-29-20-11-8-10-19(17-20)25(2)26-23-14-6-5-13-22(23)24(28)27(25)18-21-12-9-16-30-21/h5-6,8,10-11,13-14,17,21,26H,3-4,7,9,12,15-16,18H2,1-2H3. The van der Waals surface area contributed by atoms with Gasteiger partial charge in [0.15, 0.2) is 0 Å². The highest BCUT2D eigenvalue weighted by Crippen LogP contribution is 2.39. The van der Waals surface area contributed by atoms with Gasteiger partial charge in [0.2, 0.25) is 0 Å². The Labute approximate surface area is 179 Å². The molecule has 2 aromatic carbocycles. The molecule has 5 heteroatoms. The number of hydrogen-bond donors (Lipinski definition) is 1. The van der Waals surface area contributed by atoms with Gasteiger partial charge in [-0.25, -0.2) is 0 Å². The number of rotatable bonds is 8. The van der Waals surface area contributed by atoms with Crippen LogP contribution in [0.25, 0.3) is 0 Å². The van der Waals surface area contributed by atoms with Gasteiger partial charge in [-0.15, -0.1) is 0 Å². The zero-order valence-corrected chi connectivity index (χ0v) is 18.0. The van der Waals surface area contributed by atoms with Gasteiger partial charge in [-0.05, 0) is 50.5 Å².